The Labute approximate surface area is 79.6 Å². The lowest BCUT2D eigenvalue weighted by atomic mass is 10.2. The summed E-state index contributed by atoms with van der Waals surface area (Å²) in [5, 5.41) is 12.5. The Morgan fingerprint density at radius 3 is 2.15 bits per heavy atom. The van der Waals surface area contributed by atoms with Gasteiger partial charge in [0.05, 0.1) is 6.10 Å². The van der Waals surface area contributed by atoms with Gasteiger partial charge in [0.25, 0.3) is 0 Å². The first-order chi connectivity index (χ1) is 6.09. The minimum atomic E-state index is -0.332. The van der Waals surface area contributed by atoms with E-state index in [9.17, 15) is 5.11 Å². The van der Waals surface area contributed by atoms with Crippen LogP contribution in [0.1, 0.15) is 19.4 Å². The highest BCUT2D eigenvalue weighted by atomic mass is 16.3. The third kappa shape index (κ3) is 3.07. The normalized spacial score (nSPS) is 15.1. The van der Waals surface area contributed by atoms with E-state index in [0.717, 1.165) is 5.69 Å². The number of aliphatic hydroxyl groups excluding tert-OH is 1. The van der Waals surface area contributed by atoms with Gasteiger partial charge < -0.3 is 10.4 Å². The maximum absolute atomic E-state index is 9.27. The van der Waals surface area contributed by atoms with E-state index in [4.69, 9.17) is 0 Å². The number of nitrogens with one attached hydrogen (secondary N) is 1. The first-order valence-electron chi connectivity index (χ1n) is 4.61. The van der Waals surface area contributed by atoms with E-state index in [1.54, 1.807) is 6.92 Å². The van der Waals surface area contributed by atoms with Crippen molar-refractivity contribution in [3.8, 4) is 0 Å². The number of rotatable bonds is 3. The van der Waals surface area contributed by atoms with E-state index < -0.39 is 0 Å². The quantitative estimate of drug-likeness (QED) is 0.745. The summed E-state index contributed by atoms with van der Waals surface area (Å²) in [6.45, 7) is 5.80. The Bertz CT molecular complexity index is 253. The predicted octanol–water partition coefficient (Wildman–Crippen LogP) is 2.18. The van der Waals surface area contributed by atoms with Gasteiger partial charge in [-0.15, -0.1) is 0 Å². The van der Waals surface area contributed by atoms with Crippen molar-refractivity contribution in [2.24, 2.45) is 0 Å². The Morgan fingerprint density at radius 2 is 1.69 bits per heavy atom. The van der Waals surface area contributed by atoms with Crippen LogP contribution in [0.25, 0.3) is 0 Å². The molecule has 0 heterocycles. The average Bonchev–Trinajstić information content (AvgIpc) is 2.08. The third-order valence-corrected chi connectivity index (χ3v) is 2.17. The van der Waals surface area contributed by atoms with Crippen LogP contribution in [0.2, 0.25) is 0 Å². The number of hydrogen-bond donors (Lipinski definition) is 2. The zero-order valence-electron chi connectivity index (χ0n) is 8.41. The summed E-state index contributed by atoms with van der Waals surface area (Å²) in [6.07, 6.45) is -0.332. The number of hydrogen-bond acceptors (Lipinski definition) is 2. The second kappa shape index (κ2) is 4.28. The largest absolute Gasteiger partial charge is 0.391 e. The lowest BCUT2D eigenvalue weighted by Gasteiger charge is -2.17. The standard InChI is InChI=1S/C11H17NO/c1-8-4-6-11(7-5-8)12-9(2)10(3)13/h4-7,9-10,12-13H,1-3H3. The molecule has 2 N–H and O–H groups in total. The van der Waals surface area contributed by atoms with Crippen LogP contribution in [0.3, 0.4) is 0 Å². The Morgan fingerprint density at radius 1 is 1.15 bits per heavy atom. The number of anilines is 1. The van der Waals surface area contributed by atoms with Crippen molar-refractivity contribution in [1.82, 2.24) is 0 Å². The molecule has 2 unspecified atom stereocenters. The molecule has 0 aliphatic rings. The molecule has 0 aromatic heterocycles. The smallest absolute Gasteiger partial charge is 0.0710 e. The van der Waals surface area contributed by atoms with Gasteiger partial charge in [-0.2, -0.15) is 0 Å². The molecule has 1 aromatic rings. The van der Waals surface area contributed by atoms with E-state index in [0.29, 0.717) is 0 Å². The zero-order chi connectivity index (χ0) is 9.84. The van der Waals surface area contributed by atoms with Crippen molar-refractivity contribution in [2.45, 2.75) is 32.9 Å². The molecule has 0 amide bonds. The van der Waals surface area contributed by atoms with E-state index in [2.05, 4.69) is 24.4 Å². The molecule has 0 aliphatic carbocycles. The molecule has 2 heteroatoms. The highest BCUT2D eigenvalue weighted by Gasteiger charge is 2.07. The molecule has 0 radical (unpaired) electrons. The fourth-order valence-corrected chi connectivity index (χ4v) is 1.03. The first kappa shape index (κ1) is 10.1. The minimum absolute atomic E-state index is 0.0858. The topological polar surface area (TPSA) is 32.3 Å². The molecule has 1 rings (SSSR count). The fraction of sp³-hybridized carbons (Fsp3) is 0.455. The maximum Gasteiger partial charge on any atom is 0.0710 e. The molecule has 0 spiro atoms. The molecule has 13 heavy (non-hydrogen) atoms. The Balaban J connectivity index is 2.59. The summed E-state index contributed by atoms with van der Waals surface area (Å²) in [5.74, 6) is 0. The maximum atomic E-state index is 9.27. The summed E-state index contributed by atoms with van der Waals surface area (Å²) in [5.41, 5.74) is 2.30. The van der Waals surface area contributed by atoms with E-state index in [1.807, 2.05) is 19.1 Å². The van der Waals surface area contributed by atoms with E-state index >= 15 is 0 Å². The summed E-state index contributed by atoms with van der Waals surface area (Å²) in [4.78, 5) is 0. The minimum Gasteiger partial charge on any atom is -0.391 e. The van der Waals surface area contributed by atoms with Crippen LogP contribution < -0.4 is 5.32 Å². The second-order valence-electron chi connectivity index (χ2n) is 3.54. The number of aryl methyl sites for hydroxylation is 1. The van der Waals surface area contributed by atoms with Gasteiger partial charge in [-0.05, 0) is 32.9 Å². The molecule has 0 bridgehead atoms. The van der Waals surface area contributed by atoms with Crippen LogP contribution in [0.15, 0.2) is 24.3 Å². The molecule has 72 valence electrons. The molecule has 0 saturated heterocycles. The third-order valence-electron chi connectivity index (χ3n) is 2.17. The van der Waals surface area contributed by atoms with Gasteiger partial charge in [0, 0.05) is 11.7 Å². The van der Waals surface area contributed by atoms with E-state index in [-0.39, 0.29) is 12.1 Å². The van der Waals surface area contributed by atoms with Gasteiger partial charge in [0.15, 0.2) is 0 Å². The first-order valence-corrected chi connectivity index (χ1v) is 4.61. The molecular formula is C11H17NO. The van der Waals surface area contributed by atoms with Gasteiger partial charge >= 0.3 is 0 Å². The van der Waals surface area contributed by atoms with Gasteiger partial charge in [-0.3, -0.25) is 0 Å². The molecule has 1 aromatic carbocycles. The highest BCUT2D eigenvalue weighted by molar-refractivity contribution is 5.45. The van der Waals surface area contributed by atoms with Gasteiger partial charge in [0.1, 0.15) is 0 Å². The molecule has 0 aliphatic heterocycles. The molecular weight excluding hydrogens is 162 g/mol. The number of benzene rings is 1. The van der Waals surface area contributed by atoms with Crippen LogP contribution in [0, 0.1) is 6.92 Å². The Hall–Kier alpha value is -1.02. The van der Waals surface area contributed by atoms with Crippen molar-refractivity contribution in [3.63, 3.8) is 0 Å². The van der Waals surface area contributed by atoms with Crippen molar-refractivity contribution >= 4 is 5.69 Å². The number of aliphatic hydroxyl groups is 1. The molecule has 0 saturated carbocycles. The van der Waals surface area contributed by atoms with E-state index in [1.165, 1.54) is 5.56 Å². The second-order valence-corrected chi connectivity index (χ2v) is 3.54. The van der Waals surface area contributed by atoms with Gasteiger partial charge in [0.2, 0.25) is 0 Å². The summed E-state index contributed by atoms with van der Waals surface area (Å²) in [7, 11) is 0. The highest BCUT2D eigenvalue weighted by Crippen LogP contribution is 2.10. The summed E-state index contributed by atoms with van der Waals surface area (Å²) < 4.78 is 0. The SMILES string of the molecule is Cc1ccc(NC(C)C(C)O)cc1. The molecule has 2 atom stereocenters. The predicted molar refractivity (Wildman–Crippen MR) is 55.9 cm³/mol. The summed E-state index contributed by atoms with van der Waals surface area (Å²) >= 11 is 0. The average molecular weight is 179 g/mol. The lowest BCUT2D eigenvalue weighted by Crippen LogP contribution is -2.27. The van der Waals surface area contributed by atoms with Crippen molar-refractivity contribution in [3.05, 3.63) is 29.8 Å². The van der Waals surface area contributed by atoms with Crippen molar-refractivity contribution < 1.29 is 5.11 Å². The fourth-order valence-electron chi connectivity index (χ4n) is 1.03. The molecule has 0 fully saturated rings. The molecule has 2 nitrogen and oxygen atoms in total. The van der Waals surface area contributed by atoms with Crippen LogP contribution >= 0.6 is 0 Å². The van der Waals surface area contributed by atoms with Crippen LogP contribution in [-0.4, -0.2) is 17.3 Å². The van der Waals surface area contributed by atoms with Crippen LogP contribution in [-0.2, 0) is 0 Å². The van der Waals surface area contributed by atoms with Gasteiger partial charge in [-0.1, -0.05) is 17.7 Å². The Kier molecular flexibility index (Phi) is 3.32. The van der Waals surface area contributed by atoms with Crippen LogP contribution in [0.4, 0.5) is 5.69 Å². The van der Waals surface area contributed by atoms with Gasteiger partial charge in [-0.25, -0.2) is 0 Å². The monoisotopic (exact) mass is 179 g/mol. The summed E-state index contributed by atoms with van der Waals surface area (Å²) in [6, 6.07) is 8.24. The van der Waals surface area contributed by atoms with Crippen LogP contribution in [0.5, 0.6) is 0 Å². The van der Waals surface area contributed by atoms with Crippen molar-refractivity contribution in [1.29, 1.82) is 0 Å². The zero-order valence-corrected chi connectivity index (χ0v) is 8.41. The lowest BCUT2D eigenvalue weighted by molar-refractivity contribution is 0.178. The van der Waals surface area contributed by atoms with Crippen molar-refractivity contribution in [2.75, 3.05) is 5.32 Å².